The predicted octanol–water partition coefficient (Wildman–Crippen LogP) is 1.12. The maximum Gasteiger partial charge on any atom is 0.304 e. The van der Waals surface area contributed by atoms with Crippen molar-refractivity contribution in [3.63, 3.8) is 0 Å². The quantitative estimate of drug-likeness (QED) is 0.846. The Labute approximate surface area is 118 Å². The van der Waals surface area contributed by atoms with Crippen LogP contribution in [0, 0.1) is 5.92 Å². The first-order chi connectivity index (χ1) is 9.16. The molecule has 0 bridgehead atoms. The molecule has 5 heteroatoms. The fraction of sp³-hybridized carbons (Fsp3) is 0.467. The molecule has 20 heavy (non-hydrogen) atoms. The summed E-state index contributed by atoms with van der Waals surface area (Å²) in [5.41, 5.74) is 1.27. The van der Waals surface area contributed by atoms with Gasteiger partial charge >= 0.3 is 5.97 Å². The lowest BCUT2D eigenvalue weighted by Gasteiger charge is -2.16. The van der Waals surface area contributed by atoms with E-state index in [0.717, 1.165) is 19.4 Å². The molecular formula is C15H21NO4. The SMILES string of the molecule is O.O=C(O)CC1CCN(CCCc2ccccc2)C1=O. The Hall–Kier alpha value is -1.88. The van der Waals surface area contributed by atoms with E-state index < -0.39 is 5.97 Å². The second-order valence-electron chi connectivity index (χ2n) is 5.00. The third-order valence-corrected chi connectivity index (χ3v) is 3.57. The number of aryl methyl sites for hydroxylation is 1. The first kappa shape index (κ1) is 16.2. The Kier molecular flexibility index (Phi) is 6.18. The summed E-state index contributed by atoms with van der Waals surface area (Å²) in [5, 5.41) is 8.73. The number of carboxylic acids is 1. The Balaban J connectivity index is 0.00000200. The van der Waals surface area contributed by atoms with Crippen LogP contribution in [0.3, 0.4) is 0 Å². The maximum atomic E-state index is 11.9. The van der Waals surface area contributed by atoms with Gasteiger partial charge in [0.2, 0.25) is 5.91 Å². The van der Waals surface area contributed by atoms with E-state index in [2.05, 4.69) is 12.1 Å². The highest BCUT2D eigenvalue weighted by Crippen LogP contribution is 2.21. The summed E-state index contributed by atoms with van der Waals surface area (Å²) in [7, 11) is 0. The molecule has 0 aromatic heterocycles. The summed E-state index contributed by atoms with van der Waals surface area (Å²) in [6.45, 7) is 1.43. The molecule has 0 spiro atoms. The zero-order valence-corrected chi connectivity index (χ0v) is 11.4. The number of carbonyl (C=O) groups is 2. The Morgan fingerprint density at radius 2 is 2.00 bits per heavy atom. The monoisotopic (exact) mass is 279 g/mol. The number of amides is 1. The first-order valence-electron chi connectivity index (χ1n) is 6.71. The molecule has 110 valence electrons. The average Bonchev–Trinajstić information content (AvgIpc) is 2.72. The van der Waals surface area contributed by atoms with Gasteiger partial charge < -0.3 is 15.5 Å². The van der Waals surface area contributed by atoms with E-state index in [1.807, 2.05) is 18.2 Å². The number of hydrogen-bond donors (Lipinski definition) is 1. The number of likely N-dealkylation sites (tertiary alicyclic amines) is 1. The van der Waals surface area contributed by atoms with E-state index in [1.165, 1.54) is 5.56 Å². The van der Waals surface area contributed by atoms with Crippen molar-refractivity contribution in [3.8, 4) is 0 Å². The van der Waals surface area contributed by atoms with Gasteiger partial charge in [0.1, 0.15) is 0 Å². The third-order valence-electron chi connectivity index (χ3n) is 3.57. The van der Waals surface area contributed by atoms with E-state index in [-0.39, 0.29) is 23.7 Å². The lowest BCUT2D eigenvalue weighted by atomic mass is 10.0. The molecule has 5 nitrogen and oxygen atoms in total. The van der Waals surface area contributed by atoms with Crippen LogP contribution in [0.2, 0.25) is 0 Å². The van der Waals surface area contributed by atoms with Gasteiger partial charge in [0.05, 0.1) is 12.3 Å². The molecule has 1 aliphatic heterocycles. The van der Waals surface area contributed by atoms with Gasteiger partial charge in [-0.3, -0.25) is 9.59 Å². The molecule has 1 atom stereocenters. The lowest BCUT2D eigenvalue weighted by molar-refractivity contribution is -0.142. The molecule has 1 heterocycles. The van der Waals surface area contributed by atoms with Gasteiger partial charge in [-0.1, -0.05) is 30.3 Å². The molecule has 1 unspecified atom stereocenters. The van der Waals surface area contributed by atoms with Crippen molar-refractivity contribution in [1.29, 1.82) is 0 Å². The number of hydrogen-bond acceptors (Lipinski definition) is 2. The van der Waals surface area contributed by atoms with Crippen LogP contribution in [0.1, 0.15) is 24.8 Å². The van der Waals surface area contributed by atoms with E-state index in [4.69, 9.17) is 5.11 Å². The first-order valence-corrected chi connectivity index (χ1v) is 6.71. The van der Waals surface area contributed by atoms with Crippen molar-refractivity contribution in [2.24, 2.45) is 5.92 Å². The van der Waals surface area contributed by atoms with Gasteiger partial charge in [-0.2, -0.15) is 0 Å². The predicted molar refractivity (Wildman–Crippen MR) is 75.3 cm³/mol. The molecule has 0 aliphatic carbocycles. The van der Waals surface area contributed by atoms with E-state index in [1.54, 1.807) is 4.90 Å². The van der Waals surface area contributed by atoms with Crippen LogP contribution < -0.4 is 0 Å². The smallest absolute Gasteiger partial charge is 0.304 e. The van der Waals surface area contributed by atoms with Crippen molar-refractivity contribution < 1.29 is 20.2 Å². The largest absolute Gasteiger partial charge is 0.481 e. The van der Waals surface area contributed by atoms with Crippen LogP contribution in [-0.4, -0.2) is 40.4 Å². The molecule has 1 fully saturated rings. The highest BCUT2D eigenvalue weighted by molar-refractivity contribution is 5.84. The molecule has 3 N–H and O–H groups in total. The molecule has 1 aliphatic rings. The van der Waals surface area contributed by atoms with Gasteiger partial charge in [-0.15, -0.1) is 0 Å². The van der Waals surface area contributed by atoms with Crippen molar-refractivity contribution in [1.82, 2.24) is 4.90 Å². The number of rotatable bonds is 6. The van der Waals surface area contributed by atoms with Gasteiger partial charge in [0.25, 0.3) is 0 Å². The Bertz CT molecular complexity index is 446. The van der Waals surface area contributed by atoms with Crippen molar-refractivity contribution >= 4 is 11.9 Å². The summed E-state index contributed by atoms with van der Waals surface area (Å²) in [6, 6.07) is 10.2. The summed E-state index contributed by atoms with van der Waals surface area (Å²) < 4.78 is 0. The number of benzene rings is 1. The molecule has 2 rings (SSSR count). The van der Waals surface area contributed by atoms with Crippen molar-refractivity contribution in [3.05, 3.63) is 35.9 Å². The van der Waals surface area contributed by atoms with Crippen LogP contribution >= 0.6 is 0 Å². The highest BCUT2D eigenvalue weighted by atomic mass is 16.4. The Morgan fingerprint density at radius 3 is 2.65 bits per heavy atom. The maximum absolute atomic E-state index is 11.9. The molecule has 1 amide bonds. The van der Waals surface area contributed by atoms with Crippen LogP contribution in [0.4, 0.5) is 0 Å². The number of aliphatic carboxylic acids is 1. The number of carbonyl (C=O) groups excluding carboxylic acids is 1. The second kappa shape index (κ2) is 7.65. The summed E-state index contributed by atoms with van der Waals surface area (Å²) >= 11 is 0. The van der Waals surface area contributed by atoms with Gasteiger partial charge in [-0.25, -0.2) is 0 Å². The van der Waals surface area contributed by atoms with Crippen LogP contribution in [0.5, 0.6) is 0 Å². The zero-order valence-electron chi connectivity index (χ0n) is 11.4. The minimum Gasteiger partial charge on any atom is -0.481 e. The van der Waals surface area contributed by atoms with Gasteiger partial charge in [0.15, 0.2) is 0 Å². The number of nitrogens with zero attached hydrogens (tertiary/aromatic N) is 1. The van der Waals surface area contributed by atoms with Crippen LogP contribution in [-0.2, 0) is 16.0 Å². The van der Waals surface area contributed by atoms with E-state index in [0.29, 0.717) is 13.0 Å². The molecule has 1 aromatic rings. The van der Waals surface area contributed by atoms with E-state index in [9.17, 15) is 9.59 Å². The third kappa shape index (κ3) is 4.35. The summed E-state index contributed by atoms with van der Waals surface area (Å²) in [6.07, 6.45) is 2.52. The second-order valence-corrected chi connectivity index (χ2v) is 5.00. The van der Waals surface area contributed by atoms with Crippen LogP contribution in [0.25, 0.3) is 0 Å². The summed E-state index contributed by atoms with van der Waals surface area (Å²) in [5.74, 6) is -1.19. The Morgan fingerprint density at radius 1 is 1.30 bits per heavy atom. The minimum atomic E-state index is -0.885. The van der Waals surface area contributed by atoms with Crippen molar-refractivity contribution in [2.45, 2.75) is 25.7 Å². The van der Waals surface area contributed by atoms with Crippen LogP contribution in [0.15, 0.2) is 30.3 Å². The van der Waals surface area contributed by atoms with Gasteiger partial charge in [-0.05, 0) is 24.8 Å². The van der Waals surface area contributed by atoms with E-state index >= 15 is 0 Å². The normalized spacial score (nSPS) is 17.9. The molecule has 1 aromatic carbocycles. The molecule has 1 saturated heterocycles. The topological polar surface area (TPSA) is 89.1 Å². The van der Waals surface area contributed by atoms with Crippen molar-refractivity contribution in [2.75, 3.05) is 13.1 Å². The fourth-order valence-electron chi connectivity index (χ4n) is 2.54. The summed E-state index contributed by atoms with van der Waals surface area (Å²) in [4.78, 5) is 24.4. The molecule has 0 radical (unpaired) electrons. The molecule has 0 saturated carbocycles. The fourth-order valence-corrected chi connectivity index (χ4v) is 2.54. The lowest BCUT2D eigenvalue weighted by Crippen LogP contribution is -2.29. The number of carboxylic acid groups (broad SMARTS) is 1. The zero-order chi connectivity index (χ0) is 13.7. The highest BCUT2D eigenvalue weighted by Gasteiger charge is 2.32. The average molecular weight is 279 g/mol. The standard InChI is InChI=1S/C15H19NO3.H2O/c17-14(18)11-13-8-10-16(15(13)19)9-4-7-12-5-2-1-3-6-12;/h1-3,5-6,13H,4,7-11H2,(H,17,18);1H2. The molecular weight excluding hydrogens is 258 g/mol. The minimum absolute atomic E-state index is 0. The van der Waals surface area contributed by atoms with Gasteiger partial charge in [0, 0.05) is 13.1 Å².